The number of carbonyl (C=O) groups excluding carboxylic acids is 1. The minimum atomic E-state index is -4.33. The number of anilines is 1. The summed E-state index contributed by atoms with van der Waals surface area (Å²) >= 11 is 0. The first-order chi connectivity index (χ1) is 19.0. The smallest absolute Gasteiger partial charge is 0.281 e. The molecule has 10 nitrogen and oxygen atoms in total. The van der Waals surface area contributed by atoms with Gasteiger partial charge < -0.3 is 19.9 Å². The van der Waals surface area contributed by atoms with Crippen molar-refractivity contribution < 1.29 is 27.4 Å². The van der Waals surface area contributed by atoms with E-state index in [9.17, 15) is 13.2 Å². The Morgan fingerprint density at radius 3 is 2.33 bits per heavy atom. The van der Waals surface area contributed by atoms with E-state index in [2.05, 4.69) is 9.97 Å². The van der Waals surface area contributed by atoms with E-state index >= 15 is 0 Å². The quantitative estimate of drug-likeness (QED) is 0.289. The van der Waals surface area contributed by atoms with Gasteiger partial charge in [-0.15, -0.1) is 0 Å². The zero-order valence-corrected chi connectivity index (χ0v) is 23.6. The van der Waals surface area contributed by atoms with Crippen molar-refractivity contribution in [2.45, 2.75) is 32.7 Å². The number of nitrogens with zero attached hydrogens (tertiary/aromatic N) is 2. The summed E-state index contributed by atoms with van der Waals surface area (Å²) in [6, 6.07) is 16.4. The van der Waals surface area contributed by atoms with E-state index in [1.54, 1.807) is 24.3 Å². The van der Waals surface area contributed by atoms with Crippen molar-refractivity contribution in [3.05, 3.63) is 82.9 Å². The molecule has 0 unspecified atom stereocenters. The average Bonchev–Trinajstić information content (AvgIpc) is 2.90. The molecule has 2 aromatic heterocycles. The number of hydrogen-bond acceptors (Lipinski definition) is 9. The largest absolute Gasteiger partial charge is 0.493 e. The van der Waals surface area contributed by atoms with Gasteiger partial charge in [0.05, 0.1) is 19.4 Å². The second-order valence-electron chi connectivity index (χ2n) is 9.01. The lowest BCUT2D eigenvalue weighted by molar-refractivity contribution is 0.0978. The SMILES string of the molecule is CCOc1ccc(-c2ccc(C(=O)NS(=O)(=O)c3cccc(N)n3)c(Oc3c(C)cc(C)cc3C)n2)cc1OC. The number of carbonyl (C=O) groups is 1. The van der Waals surface area contributed by atoms with Gasteiger partial charge in [-0.2, -0.15) is 8.42 Å². The van der Waals surface area contributed by atoms with E-state index in [4.69, 9.17) is 19.9 Å². The van der Waals surface area contributed by atoms with Crippen LogP contribution in [0.25, 0.3) is 11.3 Å². The van der Waals surface area contributed by atoms with Crippen molar-refractivity contribution in [1.29, 1.82) is 0 Å². The van der Waals surface area contributed by atoms with Crippen molar-refractivity contribution in [1.82, 2.24) is 14.7 Å². The number of aryl methyl sites for hydroxylation is 3. The Bertz CT molecular complexity index is 1670. The molecule has 4 rings (SSSR count). The van der Waals surface area contributed by atoms with E-state index < -0.39 is 15.9 Å². The third-order valence-electron chi connectivity index (χ3n) is 5.92. The van der Waals surface area contributed by atoms with Gasteiger partial charge in [0.15, 0.2) is 16.5 Å². The molecule has 4 aromatic rings. The highest BCUT2D eigenvalue weighted by molar-refractivity contribution is 7.90. The van der Waals surface area contributed by atoms with Gasteiger partial charge in [-0.05, 0) is 81.3 Å². The number of nitrogens with one attached hydrogen (secondary N) is 1. The second-order valence-corrected chi connectivity index (χ2v) is 10.6. The van der Waals surface area contributed by atoms with Crippen molar-refractivity contribution in [2.75, 3.05) is 19.5 Å². The van der Waals surface area contributed by atoms with Crippen molar-refractivity contribution in [3.8, 4) is 34.4 Å². The molecule has 2 aromatic carbocycles. The minimum Gasteiger partial charge on any atom is -0.493 e. The van der Waals surface area contributed by atoms with Crippen LogP contribution < -0.4 is 24.7 Å². The molecule has 11 heteroatoms. The number of pyridine rings is 2. The van der Waals surface area contributed by atoms with E-state index in [-0.39, 0.29) is 22.3 Å². The average molecular weight is 563 g/mol. The van der Waals surface area contributed by atoms with Gasteiger partial charge in [0.25, 0.3) is 15.9 Å². The van der Waals surface area contributed by atoms with Gasteiger partial charge >= 0.3 is 0 Å². The first-order valence-electron chi connectivity index (χ1n) is 12.4. The number of amides is 1. The monoisotopic (exact) mass is 562 g/mol. The summed E-state index contributed by atoms with van der Waals surface area (Å²) in [5.41, 5.74) is 9.38. The molecule has 208 valence electrons. The number of hydrogen-bond donors (Lipinski definition) is 2. The van der Waals surface area contributed by atoms with E-state index in [1.165, 1.54) is 31.4 Å². The Hall–Kier alpha value is -4.64. The molecule has 2 heterocycles. The Kier molecular flexibility index (Phi) is 8.24. The van der Waals surface area contributed by atoms with Gasteiger partial charge in [0.2, 0.25) is 5.88 Å². The lowest BCUT2D eigenvalue weighted by Gasteiger charge is -2.16. The number of sulfonamides is 1. The first kappa shape index (κ1) is 28.4. The summed E-state index contributed by atoms with van der Waals surface area (Å²) in [5, 5.41) is -0.389. The van der Waals surface area contributed by atoms with Crippen molar-refractivity contribution in [2.24, 2.45) is 0 Å². The molecule has 0 atom stereocenters. The zero-order chi connectivity index (χ0) is 29.0. The van der Waals surface area contributed by atoms with Crippen LogP contribution in [0.3, 0.4) is 0 Å². The summed E-state index contributed by atoms with van der Waals surface area (Å²) in [6.07, 6.45) is 0. The molecular formula is C29H30N4O6S. The van der Waals surface area contributed by atoms with Crippen LogP contribution in [0, 0.1) is 20.8 Å². The molecule has 3 N–H and O–H groups in total. The predicted molar refractivity (Wildman–Crippen MR) is 151 cm³/mol. The molecule has 0 aliphatic heterocycles. The van der Waals surface area contributed by atoms with Gasteiger partial charge in [0.1, 0.15) is 17.1 Å². The molecule has 0 saturated heterocycles. The van der Waals surface area contributed by atoms with Gasteiger partial charge in [-0.3, -0.25) is 4.79 Å². The van der Waals surface area contributed by atoms with Crippen molar-refractivity contribution in [3.63, 3.8) is 0 Å². The summed E-state index contributed by atoms with van der Waals surface area (Å²) < 4.78 is 45.1. The molecular weight excluding hydrogens is 532 g/mol. The number of nitrogens with two attached hydrogens (primary N) is 1. The molecule has 0 radical (unpaired) electrons. The van der Waals surface area contributed by atoms with Crippen LogP contribution in [0.5, 0.6) is 23.1 Å². The molecule has 1 amide bonds. The number of nitrogen functional groups attached to an aromatic ring is 1. The number of methoxy groups -OCH3 is 1. The topological polar surface area (TPSA) is 143 Å². The third kappa shape index (κ3) is 6.15. The van der Waals surface area contributed by atoms with Crippen LogP contribution in [-0.4, -0.2) is 38.0 Å². The van der Waals surface area contributed by atoms with E-state index in [1.807, 2.05) is 44.5 Å². The summed E-state index contributed by atoms with van der Waals surface area (Å²) in [5.74, 6) is 0.581. The van der Waals surface area contributed by atoms with Crippen LogP contribution in [0.4, 0.5) is 5.82 Å². The number of benzene rings is 2. The van der Waals surface area contributed by atoms with Crippen LogP contribution >= 0.6 is 0 Å². The van der Waals surface area contributed by atoms with Crippen LogP contribution in [0.2, 0.25) is 0 Å². The molecule has 0 fully saturated rings. The molecule has 0 aliphatic carbocycles. The van der Waals surface area contributed by atoms with E-state index in [0.717, 1.165) is 16.7 Å². The summed E-state index contributed by atoms with van der Waals surface area (Å²) in [7, 11) is -2.79. The molecule has 0 saturated carbocycles. The summed E-state index contributed by atoms with van der Waals surface area (Å²) in [6.45, 7) is 8.08. The van der Waals surface area contributed by atoms with Crippen molar-refractivity contribution >= 4 is 21.7 Å². The maximum atomic E-state index is 13.3. The standard InChI is InChI=1S/C29H30N4O6S/c1-6-38-23-13-10-20(16-24(23)37-5)22-12-11-21(28(34)33-40(35,36)26-9-7-8-25(30)32-26)29(31-22)39-27-18(3)14-17(2)15-19(27)4/h7-16H,6H2,1-5H3,(H2,30,32)(H,33,34). The number of rotatable bonds is 9. The third-order valence-corrected chi connectivity index (χ3v) is 7.15. The predicted octanol–water partition coefficient (Wildman–Crippen LogP) is 4.97. The molecule has 0 spiro atoms. The Balaban J connectivity index is 1.79. The number of aromatic nitrogens is 2. The fraction of sp³-hybridized carbons (Fsp3) is 0.207. The highest BCUT2D eigenvalue weighted by atomic mass is 32.2. The lowest BCUT2D eigenvalue weighted by atomic mass is 10.1. The van der Waals surface area contributed by atoms with Crippen LogP contribution in [0.15, 0.2) is 65.7 Å². The minimum absolute atomic E-state index is 0.00136. The Morgan fingerprint density at radius 1 is 0.950 bits per heavy atom. The maximum Gasteiger partial charge on any atom is 0.281 e. The highest BCUT2D eigenvalue weighted by Gasteiger charge is 2.25. The molecule has 0 bridgehead atoms. The normalized spacial score (nSPS) is 11.1. The zero-order valence-electron chi connectivity index (χ0n) is 22.8. The maximum absolute atomic E-state index is 13.3. The fourth-order valence-electron chi connectivity index (χ4n) is 4.19. The highest BCUT2D eigenvalue weighted by Crippen LogP contribution is 2.35. The van der Waals surface area contributed by atoms with Crippen LogP contribution in [0.1, 0.15) is 34.0 Å². The fourth-order valence-corrected chi connectivity index (χ4v) is 5.13. The first-order valence-corrected chi connectivity index (χ1v) is 13.9. The summed E-state index contributed by atoms with van der Waals surface area (Å²) in [4.78, 5) is 21.7. The molecule has 40 heavy (non-hydrogen) atoms. The molecule has 0 aliphatic rings. The van der Waals surface area contributed by atoms with Gasteiger partial charge in [-0.25, -0.2) is 14.7 Å². The Morgan fingerprint density at radius 2 is 1.68 bits per heavy atom. The Labute approximate surface area is 233 Å². The van der Waals surface area contributed by atoms with E-state index in [0.29, 0.717) is 35.1 Å². The van der Waals surface area contributed by atoms with Crippen LogP contribution in [-0.2, 0) is 10.0 Å². The lowest BCUT2D eigenvalue weighted by Crippen LogP contribution is -2.31. The number of ether oxygens (including phenoxy) is 3. The van der Waals surface area contributed by atoms with Gasteiger partial charge in [-0.1, -0.05) is 23.8 Å². The second kappa shape index (κ2) is 11.6. The van der Waals surface area contributed by atoms with Gasteiger partial charge in [0, 0.05) is 5.56 Å².